The summed E-state index contributed by atoms with van der Waals surface area (Å²) >= 11 is 1.58. The Hall–Kier alpha value is -1.91. The molecule has 3 rings (SSSR count). The molecule has 0 unspecified atom stereocenters. The van der Waals surface area contributed by atoms with Gasteiger partial charge in [0.15, 0.2) is 0 Å². The number of benzene rings is 2. The molecule has 3 nitrogen and oxygen atoms in total. The number of aromatic nitrogens is 1. The van der Waals surface area contributed by atoms with Crippen molar-refractivity contribution in [2.24, 2.45) is 5.73 Å². The van der Waals surface area contributed by atoms with Gasteiger partial charge in [-0.1, -0.05) is 18.2 Å². The molecule has 0 spiro atoms. The van der Waals surface area contributed by atoms with Gasteiger partial charge in [-0.25, -0.2) is 4.98 Å². The van der Waals surface area contributed by atoms with Gasteiger partial charge in [0.2, 0.25) is 0 Å². The molecule has 0 aliphatic heterocycles. The summed E-state index contributed by atoms with van der Waals surface area (Å²) in [5.41, 5.74) is 8.17. The Morgan fingerprint density at radius 3 is 2.72 bits per heavy atom. The number of nitrogens with two attached hydrogens (primary N) is 1. The standard InChI is InChI=1S/C14H12N2OS/c15-8-9-5-6-10(12(17)7-9)14-16-11-3-1-2-4-13(11)18-14/h1-7,17H,8,15H2. The van der Waals surface area contributed by atoms with Crippen LogP contribution in [0.1, 0.15) is 5.56 Å². The summed E-state index contributed by atoms with van der Waals surface area (Å²) in [6, 6.07) is 13.4. The number of nitrogens with zero attached hydrogens (tertiary/aromatic N) is 1. The molecule has 0 fully saturated rings. The van der Waals surface area contributed by atoms with Gasteiger partial charge < -0.3 is 10.8 Å². The van der Waals surface area contributed by atoms with Crippen LogP contribution in [0.2, 0.25) is 0 Å². The van der Waals surface area contributed by atoms with Crippen LogP contribution in [0.25, 0.3) is 20.8 Å². The number of thiazole rings is 1. The lowest BCUT2D eigenvalue weighted by molar-refractivity contribution is 0.476. The Balaban J connectivity index is 2.14. The Morgan fingerprint density at radius 2 is 2.00 bits per heavy atom. The Bertz CT molecular complexity index is 673. The van der Waals surface area contributed by atoms with Gasteiger partial charge in [-0.15, -0.1) is 11.3 Å². The van der Waals surface area contributed by atoms with Crippen LogP contribution in [-0.2, 0) is 6.54 Å². The van der Waals surface area contributed by atoms with Crippen molar-refractivity contribution in [2.75, 3.05) is 0 Å². The summed E-state index contributed by atoms with van der Waals surface area (Å²) in [7, 11) is 0. The Morgan fingerprint density at radius 1 is 1.17 bits per heavy atom. The second-order valence-corrected chi connectivity index (χ2v) is 5.07. The van der Waals surface area contributed by atoms with Gasteiger partial charge in [-0.2, -0.15) is 0 Å². The topological polar surface area (TPSA) is 59.1 Å². The second-order valence-electron chi connectivity index (χ2n) is 4.04. The minimum absolute atomic E-state index is 0.233. The van der Waals surface area contributed by atoms with Gasteiger partial charge in [-0.3, -0.25) is 0 Å². The van der Waals surface area contributed by atoms with Gasteiger partial charge in [0.1, 0.15) is 10.8 Å². The number of hydrogen-bond acceptors (Lipinski definition) is 4. The van der Waals surface area contributed by atoms with Crippen LogP contribution in [-0.4, -0.2) is 10.1 Å². The third-order valence-electron chi connectivity index (χ3n) is 2.82. The first-order chi connectivity index (χ1) is 8.78. The zero-order valence-corrected chi connectivity index (χ0v) is 10.4. The number of aromatic hydroxyl groups is 1. The maximum atomic E-state index is 10.0. The first kappa shape index (κ1) is 11.2. The van der Waals surface area contributed by atoms with Gasteiger partial charge in [-0.05, 0) is 29.8 Å². The quantitative estimate of drug-likeness (QED) is 0.740. The van der Waals surface area contributed by atoms with Crippen molar-refractivity contribution in [1.29, 1.82) is 0 Å². The lowest BCUT2D eigenvalue weighted by Crippen LogP contribution is -1.95. The van der Waals surface area contributed by atoms with Crippen molar-refractivity contribution < 1.29 is 5.11 Å². The number of phenols is 1. The van der Waals surface area contributed by atoms with E-state index in [1.54, 1.807) is 17.4 Å². The van der Waals surface area contributed by atoms with E-state index in [0.29, 0.717) is 6.54 Å². The molecule has 1 aromatic heterocycles. The van der Waals surface area contributed by atoms with Crippen molar-refractivity contribution in [3.05, 3.63) is 48.0 Å². The molecule has 2 aromatic carbocycles. The van der Waals surface area contributed by atoms with Crippen molar-refractivity contribution in [2.45, 2.75) is 6.54 Å². The SMILES string of the molecule is NCc1ccc(-c2nc3ccccc3s2)c(O)c1. The fourth-order valence-corrected chi connectivity index (χ4v) is 2.87. The van der Waals surface area contributed by atoms with E-state index in [0.717, 1.165) is 26.4 Å². The molecule has 0 radical (unpaired) electrons. The molecule has 0 aliphatic rings. The van der Waals surface area contributed by atoms with E-state index in [1.807, 2.05) is 36.4 Å². The van der Waals surface area contributed by atoms with Gasteiger partial charge in [0.05, 0.1) is 15.8 Å². The summed E-state index contributed by atoms with van der Waals surface area (Å²) in [5, 5.41) is 10.8. The van der Waals surface area contributed by atoms with E-state index in [9.17, 15) is 5.11 Å². The predicted octanol–water partition coefficient (Wildman–Crippen LogP) is 3.13. The largest absolute Gasteiger partial charge is 0.507 e. The number of fused-ring (bicyclic) bond motifs is 1. The maximum absolute atomic E-state index is 10.0. The molecule has 0 amide bonds. The third kappa shape index (κ3) is 1.85. The second kappa shape index (κ2) is 4.40. The number of rotatable bonds is 2. The predicted molar refractivity (Wildman–Crippen MR) is 74.6 cm³/mol. The van der Waals surface area contributed by atoms with Crippen molar-refractivity contribution in [3.63, 3.8) is 0 Å². The fourth-order valence-electron chi connectivity index (χ4n) is 1.87. The lowest BCUT2D eigenvalue weighted by atomic mass is 10.1. The maximum Gasteiger partial charge on any atom is 0.128 e. The number of phenolic OH excluding ortho intramolecular Hbond substituents is 1. The average Bonchev–Trinajstić information content (AvgIpc) is 2.81. The normalized spacial score (nSPS) is 10.9. The van der Waals surface area contributed by atoms with E-state index in [4.69, 9.17) is 5.73 Å². The highest BCUT2D eigenvalue weighted by atomic mass is 32.1. The van der Waals surface area contributed by atoms with Crippen molar-refractivity contribution >= 4 is 21.6 Å². The monoisotopic (exact) mass is 256 g/mol. The Kier molecular flexibility index (Phi) is 2.74. The minimum Gasteiger partial charge on any atom is -0.507 e. The number of hydrogen-bond donors (Lipinski definition) is 2. The van der Waals surface area contributed by atoms with Crippen LogP contribution >= 0.6 is 11.3 Å². The fraction of sp³-hybridized carbons (Fsp3) is 0.0714. The summed E-state index contributed by atoms with van der Waals surface area (Å²) in [6.07, 6.45) is 0. The first-order valence-electron chi connectivity index (χ1n) is 5.66. The van der Waals surface area contributed by atoms with Crippen LogP contribution in [0.4, 0.5) is 0 Å². The highest BCUT2D eigenvalue weighted by molar-refractivity contribution is 7.21. The van der Waals surface area contributed by atoms with Gasteiger partial charge >= 0.3 is 0 Å². The smallest absolute Gasteiger partial charge is 0.128 e. The third-order valence-corrected chi connectivity index (χ3v) is 3.89. The van der Waals surface area contributed by atoms with Crippen molar-refractivity contribution in [1.82, 2.24) is 4.98 Å². The highest BCUT2D eigenvalue weighted by Gasteiger charge is 2.10. The van der Waals surface area contributed by atoms with E-state index in [-0.39, 0.29) is 5.75 Å². The van der Waals surface area contributed by atoms with Crippen LogP contribution in [0.3, 0.4) is 0 Å². The van der Waals surface area contributed by atoms with Crippen LogP contribution < -0.4 is 5.73 Å². The van der Waals surface area contributed by atoms with Gasteiger partial charge in [0, 0.05) is 6.54 Å². The van der Waals surface area contributed by atoms with Crippen LogP contribution in [0.5, 0.6) is 5.75 Å². The molecule has 4 heteroatoms. The molecule has 1 heterocycles. The molecule has 3 aromatic rings. The molecule has 0 saturated heterocycles. The molecule has 0 saturated carbocycles. The van der Waals surface area contributed by atoms with E-state index in [1.165, 1.54) is 0 Å². The average molecular weight is 256 g/mol. The van der Waals surface area contributed by atoms with Crippen molar-refractivity contribution in [3.8, 4) is 16.3 Å². The lowest BCUT2D eigenvalue weighted by Gasteiger charge is -2.03. The molecule has 0 atom stereocenters. The van der Waals surface area contributed by atoms with E-state index >= 15 is 0 Å². The highest BCUT2D eigenvalue weighted by Crippen LogP contribution is 2.35. The van der Waals surface area contributed by atoms with Gasteiger partial charge in [0.25, 0.3) is 0 Å². The first-order valence-corrected chi connectivity index (χ1v) is 6.47. The van der Waals surface area contributed by atoms with E-state index in [2.05, 4.69) is 4.98 Å². The molecule has 3 N–H and O–H groups in total. The molecule has 90 valence electrons. The molecule has 18 heavy (non-hydrogen) atoms. The molecule has 0 bridgehead atoms. The molecule has 0 aliphatic carbocycles. The minimum atomic E-state index is 0.233. The summed E-state index contributed by atoms with van der Waals surface area (Å²) in [6.45, 7) is 0.424. The Labute approximate surface area is 109 Å². The van der Waals surface area contributed by atoms with Crippen LogP contribution in [0.15, 0.2) is 42.5 Å². The van der Waals surface area contributed by atoms with Crippen LogP contribution in [0, 0.1) is 0 Å². The molecular weight excluding hydrogens is 244 g/mol. The summed E-state index contributed by atoms with van der Waals surface area (Å²) < 4.78 is 1.12. The zero-order valence-electron chi connectivity index (χ0n) is 9.63. The zero-order chi connectivity index (χ0) is 12.5. The van der Waals surface area contributed by atoms with E-state index < -0.39 is 0 Å². The summed E-state index contributed by atoms with van der Waals surface area (Å²) in [5.74, 6) is 0.233. The summed E-state index contributed by atoms with van der Waals surface area (Å²) in [4.78, 5) is 4.53. The molecular formula is C14H12N2OS. The number of para-hydroxylation sites is 1.